The first-order chi connectivity index (χ1) is 14.3. The second-order valence-electron chi connectivity index (χ2n) is 6.60. The molecule has 29 heavy (non-hydrogen) atoms. The fraction of sp³-hybridized carbons (Fsp3) is 0.273. The van der Waals surface area contributed by atoms with Crippen molar-refractivity contribution < 1.29 is 9.47 Å². The zero-order chi connectivity index (χ0) is 20.1. The number of H-pyrrole nitrogens is 1. The topological polar surface area (TPSA) is 68.6 Å². The minimum Gasteiger partial charge on any atom is -0.382 e. The van der Waals surface area contributed by atoms with Gasteiger partial charge in [0.2, 0.25) is 0 Å². The lowest BCUT2D eigenvalue weighted by Gasteiger charge is -2.05. The molecule has 0 spiro atoms. The molecular formula is C22H23N3O3S. The van der Waals surface area contributed by atoms with Crippen LogP contribution in [-0.4, -0.2) is 34.4 Å². The van der Waals surface area contributed by atoms with E-state index in [1.807, 2.05) is 31.3 Å². The Bertz CT molecular complexity index is 1130. The maximum atomic E-state index is 12.5. The number of hydrogen-bond acceptors (Lipinski definition) is 5. The van der Waals surface area contributed by atoms with Gasteiger partial charge in [-0.1, -0.05) is 30.3 Å². The van der Waals surface area contributed by atoms with E-state index in [0.29, 0.717) is 37.8 Å². The van der Waals surface area contributed by atoms with Crippen molar-refractivity contribution in [1.29, 1.82) is 0 Å². The number of rotatable bonds is 9. The van der Waals surface area contributed by atoms with Crippen LogP contribution in [0.5, 0.6) is 0 Å². The van der Waals surface area contributed by atoms with Crippen molar-refractivity contribution in [2.45, 2.75) is 20.0 Å². The van der Waals surface area contributed by atoms with E-state index in [1.165, 1.54) is 16.1 Å². The maximum absolute atomic E-state index is 12.5. The number of hydrogen-bond donors (Lipinski definition) is 1. The number of fused-ring (bicyclic) bond motifs is 1. The summed E-state index contributed by atoms with van der Waals surface area (Å²) < 4.78 is 12.4. The maximum Gasteiger partial charge on any atom is 0.272 e. The molecule has 0 aliphatic rings. The summed E-state index contributed by atoms with van der Waals surface area (Å²) in [6.45, 7) is 4.24. The number of nitrogens with one attached hydrogen (secondary N) is 1. The summed E-state index contributed by atoms with van der Waals surface area (Å²) in [5.74, 6) is 0. The highest BCUT2D eigenvalue weighted by Crippen LogP contribution is 2.33. The Kier molecular flexibility index (Phi) is 6.19. The summed E-state index contributed by atoms with van der Waals surface area (Å²) in [4.78, 5) is 18.2. The summed E-state index contributed by atoms with van der Waals surface area (Å²) in [5.41, 5.74) is 4.34. The number of benzene rings is 1. The molecule has 0 atom stereocenters. The van der Waals surface area contributed by atoms with Crippen LogP contribution in [0.15, 0.2) is 58.8 Å². The second-order valence-corrected chi connectivity index (χ2v) is 7.51. The van der Waals surface area contributed by atoms with Crippen molar-refractivity contribution in [2.75, 3.05) is 19.8 Å². The summed E-state index contributed by atoms with van der Waals surface area (Å²) in [6, 6.07) is 13.9. The van der Waals surface area contributed by atoms with Crippen molar-refractivity contribution in [1.82, 2.24) is 14.6 Å². The van der Waals surface area contributed by atoms with Gasteiger partial charge in [-0.25, -0.2) is 9.50 Å². The number of aromatic nitrogens is 3. The van der Waals surface area contributed by atoms with E-state index in [9.17, 15) is 4.79 Å². The Labute approximate surface area is 172 Å². The first kappa shape index (κ1) is 19.6. The molecule has 0 aliphatic carbocycles. The fourth-order valence-corrected chi connectivity index (χ4v) is 4.06. The Hall–Kier alpha value is -2.74. The van der Waals surface area contributed by atoms with Gasteiger partial charge in [0, 0.05) is 37.0 Å². The molecule has 0 aliphatic heterocycles. The standard InChI is InChI=1S/C22H23N3O3S/c1-2-27-9-6-10-28-14-18-12-21(26)25-22(24-18)19(13-23-25)20-11-17(15-29-20)16-7-4-3-5-8-16/h3-5,7-8,11-13,15,23H,2,6,9-10,14H2,1H3. The summed E-state index contributed by atoms with van der Waals surface area (Å²) in [6.07, 6.45) is 2.65. The minimum absolute atomic E-state index is 0.144. The largest absolute Gasteiger partial charge is 0.382 e. The molecule has 4 aromatic rings. The van der Waals surface area contributed by atoms with Crippen LogP contribution in [0.3, 0.4) is 0 Å². The Morgan fingerprint density at radius 2 is 1.93 bits per heavy atom. The molecule has 0 bridgehead atoms. The normalized spacial score (nSPS) is 11.3. The zero-order valence-electron chi connectivity index (χ0n) is 16.3. The molecule has 4 rings (SSSR count). The predicted molar refractivity (Wildman–Crippen MR) is 115 cm³/mol. The molecule has 0 unspecified atom stereocenters. The molecule has 1 aromatic carbocycles. The van der Waals surface area contributed by atoms with E-state index < -0.39 is 0 Å². The molecule has 1 N–H and O–H groups in total. The molecular weight excluding hydrogens is 386 g/mol. The van der Waals surface area contributed by atoms with Crippen molar-refractivity contribution in [3.05, 3.63) is 70.1 Å². The van der Waals surface area contributed by atoms with E-state index in [2.05, 4.69) is 33.7 Å². The quantitative estimate of drug-likeness (QED) is 0.417. The third-order valence-corrected chi connectivity index (χ3v) is 5.52. The highest BCUT2D eigenvalue weighted by Gasteiger charge is 2.13. The van der Waals surface area contributed by atoms with Crippen LogP contribution in [0.25, 0.3) is 27.2 Å². The SMILES string of the molecule is CCOCCCOCc1cc(=O)n2[nH]cc(-c3cc(-c4ccccc4)cs3)c2n1. The summed E-state index contributed by atoms with van der Waals surface area (Å²) >= 11 is 1.64. The third kappa shape index (κ3) is 4.48. The van der Waals surface area contributed by atoms with Crippen LogP contribution in [0, 0.1) is 0 Å². The van der Waals surface area contributed by atoms with Gasteiger partial charge in [0.15, 0.2) is 5.65 Å². The minimum atomic E-state index is -0.144. The predicted octanol–water partition coefficient (Wildman–Crippen LogP) is 4.36. The van der Waals surface area contributed by atoms with Crippen LogP contribution in [0.4, 0.5) is 0 Å². The van der Waals surface area contributed by atoms with Crippen LogP contribution >= 0.6 is 11.3 Å². The van der Waals surface area contributed by atoms with Crippen molar-refractivity contribution in [3.63, 3.8) is 0 Å². The Balaban J connectivity index is 1.56. The fourth-order valence-electron chi connectivity index (χ4n) is 3.13. The highest BCUT2D eigenvalue weighted by atomic mass is 32.1. The lowest BCUT2D eigenvalue weighted by Crippen LogP contribution is -2.16. The van der Waals surface area contributed by atoms with Gasteiger partial charge in [0.25, 0.3) is 5.56 Å². The van der Waals surface area contributed by atoms with Crippen molar-refractivity contribution in [3.8, 4) is 21.6 Å². The highest BCUT2D eigenvalue weighted by molar-refractivity contribution is 7.14. The summed E-state index contributed by atoms with van der Waals surface area (Å²) in [7, 11) is 0. The third-order valence-electron chi connectivity index (χ3n) is 4.55. The molecule has 7 heteroatoms. The van der Waals surface area contributed by atoms with E-state index in [0.717, 1.165) is 22.4 Å². The van der Waals surface area contributed by atoms with E-state index in [1.54, 1.807) is 11.3 Å². The molecule has 0 fully saturated rings. The van der Waals surface area contributed by atoms with Gasteiger partial charge in [-0.2, -0.15) is 0 Å². The van der Waals surface area contributed by atoms with Crippen molar-refractivity contribution in [2.24, 2.45) is 0 Å². The lowest BCUT2D eigenvalue weighted by atomic mass is 10.1. The first-order valence-electron chi connectivity index (χ1n) is 9.66. The zero-order valence-corrected chi connectivity index (χ0v) is 17.1. The van der Waals surface area contributed by atoms with Gasteiger partial charge >= 0.3 is 0 Å². The molecule has 0 saturated carbocycles. The van der Waals surface area contributed by atoms with Crippen LogP contribution < -0.4 is 5.56 Å². The molecule has 6 nitrogen and oxygen atoms in total. The van der Waals surface area contributed by atoms with Gasteiger partial charge in [-0.15, -0.1) is 11.3 Å². The number of thiophene rings is 1. The van der Waals surface area contributed by atoms with Crippen LogP contribution in [0.2, 0.25) is 0 Å². The Morgan fingerprint density at radius 1 is 1.10 bits per heavy atom. The van der Waals surface area contributed by atoms with Crippen LogP contribution in [0.1, 0.15) is 19.0 Å². The van der Waals surface area contributed by atoms with E-state index >= 15 is 0 Å². The van der Waals surface area contributed by atoms with Gasteiger partial charge in [-0.05, 0) is 35.9 Å². The van der Waals surface area contributed by atoms with Gasteiger partial charge in [0.1, 0.15) is 0 Å². The molecule has 0 amide bonds. The van der Waals surface area contributed by atoms with Gasteiger partial charge in [-0.3, -0.25) is 9.89 Å². The van der Waals surface area contributed by atoms with Crippen LogP contribution in [-0.2, 0) is 16.1 Å². The average molecular weight is 410 g/mol. The molecule has 3 heterocycles. The smallest absolute Gasteiger partial charge is 0.272 e. The average Bonchev–Trinajstić information content (AvgIpc) is 3.38. The monoisotopic (exact) mass is 409 g/mol. The number of nitrogens with zero attached hydrogens (tertiary/aromatic N) is 2. The lowest BCUT2D eigenvalue weighted by molar-refractivity contribution is 0.0788. The number of ether oxygens (including phenoxy) is 2. The van der Waals surface area contributed by atoms with Crippen molar-refractivity contribution >= 4 is 17.0 Å². The van der Waals surface area contributed by atoms with Gasteiger partial charge < -0.3 is 9.47 Å². The molecule has 0 saturated heterocycles. The Morgan fingerprint density at radius 3 is 2.76 bits per heavy atom. The molecule has 150 valence electrons. The van der Waals surface area contributed by atoms with E-state index in [-0.39, 0.29) is 5.56 Å². The number of aromatic amines is 1. The molecule has 3 aromatic heterocycles. The van der Waals surface area contributed by atoms with E-state index in [4.69, 9.17) is 9.47 Å². The first-order valence-corrected chi connectivity index (χ1v) is 10.5. The second kappa shape index (κ2) is 9.17. The summed E-state index contributed by atoms with van der Waals surface area (Å²) in [5, 5.41) is 5.14. The van der Waals surface area contributed by atoms with Gasteiger partial charge in [0.05, 0.1) is 17.9 Å². The molecule has 0 radical (unpaired) electrons.